The molecule has 2 fully saturated rings. The van der Waals surface area contributed by atoms with Gasteiger partial charge in [-0.1, -0.05) is 30.3 Å². The second-order valence-corrected chi connectivity index (χ2v) is 8.25. The van der Waals surface area contributed by atoms with Gasteiger partial charge in [0, 0.05) is 53.9 Å². The molecule has 3 amide bonds. The fourth-order valence-electron chi connectivity index (χ4n) is 4.37. The number of aliphatic imine (C=N–C) groups is 1. The molecule has 0 aromatic heterocycles. The van der Waals surface area contributed by atoms with Gasteiger partial charge in [-0.05, 0) is 10.6 Å². The third-order valence-electron chi connectivity index (χ3n) is 6.23. The van der Waals surface area contributed by atoms with Gasteiger partial charge in [-0.3, -0.25) is 24.4 Å². The van der Waals surface area contributed by atoms with E-state index in [2.05, 4.69) is 34.1 Å². The summed E-state index contributed by atoms with van der Waals surface area (Å²) in [5.41, 5.74) is 1.33. The van der Waals surface area contributed by atoms with Gasteiger partial charge in [0.2, 0.25) is 0 Å². The van der Waals surface area contributed by atoms with E-state index in [0.29, 0.717) is 25.5 Å². The number of methoxy groups -OCH3 is 1. The zero-order valence-electron chi connectivity index (χ0n) is 18.5. The molecule has 0 radical (unpaired) electrons. The van der Waals surface area contributed by atoms with Crippen LogP contribution in [0.25, 0.3) is 0 Å². The van der Waals surface area contributed by atoms with Crippen LogP contribution in [-0.4, -0.2) is 121 Å². The van der Waals surface area contributed by atoms with Crippen molar-refractivity contribution < 1.29 is 18.9 Å². The maximum Gasteiger partial charge on any atom is 0.333 e. The maximum atomic E-state index is 12.9. The Labute approximate surface area is 183 Å². The first-order valence-electron chi connectivity index (χ1n) is 10.7. The zero-order chi connectivity index (χ0) is 22.0. The summed E-state index contributed by atoms with van der Waals surface area (Å²) in [6.07, 6.45) is 0. The Kier molecular flexibility index (Phi) is 6.45. The first kappa shape index (κ1) is 21.6. The van der Waals surface area contributed by atoms with Gasteiger partial charge in [-0.25, -0.2) is 9.37 Å². The van der Waals surface area contributed by atoms with Crippen molar-refractivity contribution in [2.75, 3.05) is 67.1 Å². The number of carbonyl (C=O) groups excluding carboxylic acids is 2. The normalized spacial score (nSPS) is 22.9. The lowest BCUT2D eigenvalue weighted by Crippen LogP contribution is -2.61. The summed E-state index contributed by atoms with van der Waals surface area (Å²) < 4.78 is 7.27. The maximum absolute atomic E-state index is 12.9. The Morgan fingerprint density at radius 3 is 2.29 bits per heavy atom. The predicted molar refractivity (Wildman–Crippen MR) is 117 cm³/mol. The Morgan fingerprint density at radius 2 is 1.65 bits per heavy atom. The number of imide groups is 1. The lowest BCUT2D eigenvalue weighted by atomic mass is 10.1. The molecular formula is C22H31N6O3+. The quantitative estimate of drug-likeness (QED) is 0.580. The summed E-state index contributed by atoms with van der Waals surface area (Å²) in [4.78, 5) is 37.5. The van der Waals surface area contributed by atoms with Gasteiger partial charge in [-0.2, -0.15) is 0 Å². The minimum atomic E-state index is -0.558. The van der Waals surface area contributed by atoms with Crippen LogP contribution in [0.1, 0.15) is 5.56 Å². The molecule has 1 aromatic carbocycles. The number of amides is 3. The molecule has 166 valence electrons. The van der Waals surface area contributed by atoms with Crippen molar-refractivity contribution in [3.63, 3.8) is 0 Å². The van der Waals surface area contributed by atoms with Gasteiger partial charge in [0.05, 0.1) is 6.61 Å². The van der Waals surface area contributed by atoms with E-state index in [9.17, 15) is 9.59 Å². The number of likely N-dealkylation sites (N-methyl/N-ethyl adjacent to an activating group) is 2. The molecule has 1 atom stereocenters. The van der Waals surface area contributed by atoms with Crippen LogP contribution >= 0.6 is 0 Å². The number of nitrogens with zero attached hydrogens (tertiary/aromatic N) is 6. The van der Waals surface area contributed by atoms with Crippen molar-refractivity contribution in [1.29, 1.82) is 0 Å². The van der Waals surface area contributed by atoms with E-state index >= 15 is 0 Å². The number of hydrogen-bond donors (Lipinski definition) is 0. The van der Waals surface area contributed by atoms with Crippen LogP contribution in [0, 0.1) is 0 Å². The lowest BCUT2D eigenvalue weighted by molar-refractivity contribution is -0.538. The number of amidine groups is 2. The molecular weight excluding hydrogens is 396 g/mol. The molecule has 0 spiro atoms. The van der Waals surface area contributed by atoms with Crippen molar-refractivity contribution in [3.05, 3.63) is 35.9 Å². The molecule has 0 bridgehead atoms. The van der Waals surface area contributed by atoms with E-state index in [0.717, 1.165) is 38.6 Å². The highest BCUT2D eigenvalue weighted by atomic mass is 16.5. The van der Waals surface area contributed by atoms with Gasteiger partial charge in [0.1, 0.15) is 13.1 Å². The SMILES string of the molecule is COCC[N+]1=C(CN2CCN(Cc3ccccc3)CC2)N=C2C1C(=O)N(C)C(=O)N2C. The minimum Gasteiger partial charge on any atom is -0.381 e. The highest BCUT2D eigenvalue weighted by molar-refractivity contribution is 6.23. The molecule has 9 heteroatoms. The minimum absolute atomic E-state index is 0.236. The van der Waals surface area contributed by atoms with Gasteiger partial charge < -0.3 is 4.74 Å². The van der Waals surface area contributed by atoms with Crippen LogP contribution in [0.15, 0.2) is 35.3 Å². The van der Waals surface area contributed by atoms with Crippen LogP contribution < -0.4 is 0 Å². The molecule has 4 rings (SSSR count). The highest BCUT2D eigenvalue weighted by Crippen LogP contribution is 2.19. The third-order valence-corrected chi connectivity index (χ3v) is 6.23. The van der Waals surface area contributed by atoms with Crippen LogP contribution in [0.2, 0.25) is 0 Å². The van der Waals surface area contributed by atoms with Crippen molar-refractivity contribution in [2.24, 2.45) is 4.99 Å². The van der Waals surface area contributed by atoms with Crippen molar-refractivity contribution in [3.8, 4) is 0 Å². The molecule has 2 saturated heterocycles. The first-order chi connectivity index (χ1) is 15.0. The van der Waals surface area contributed by atoms with E-state index in [1.807, 2.05) is 10.6 Å². The molecule has 3 aliphatic rings. The molecule has 0 N–H and O–H groups in total. The first-order valence-corrected chi connectivity index (χ1v) is 10.7. The van der Waals surface area contributed by atoms with Crippen LogP contribution in [0.3, 0.4) is 0 Å². The summed E-state index contributed by atoms with van der Waals surface area (Å²) in [5.74, 6) is 1.11. The molecule has 0 aliphatic carbocycles. The van der Waals surface area contributed by atoms with E-state index in [4.69, 9.17) is 9.73 Å². The molecule has 1 unspecified atom stereocenters. The zero-order valence-corrected chi connectivity index (χ0v) is 18.5. The van der Waals surface area contributed by atoms with Crippen molar-refractivity contribution in [2.45, 2.75) is 12.6 Å². The summed E-state index contributed by atoms with van der Waals surface area (Å²) in [7, 11) is 4.85. The third kappa shape index (κ3) is 4.39. The average Bonchev–Trinajstić information content (AvgIpc) is 3.15. The van der Waals surface area contributed by atoms with Crippen LogP contribution in [0.5, 0.6) is 0 Å². The smallest absolute Gasteiger partial charge is 0.333 e. The average molecular weight is 428 g/mol. The Hall–Kier alpha value is -2.62. The highest BCUT2D eigenvalue weighted by Gasteiger charge is 2.53. The topological polar surface area (TPSA) is 71.7 Å². The van der Waals surface area contributed by atoms with Crippen molar-refractivity contribution in [1.82, 2.24) is 19.6 Å². The fraction of sp³-hybridized carbons (Fsp3) is 0.545. The molecule has 0 saturated carbocycles. The standard InChI is InChI=1S/C22H31N6O3/c1-24-20-19(21(29)25(2)22(24)30)28(13-14-31-3)18(23-20)16-27-11-9-26(10-12-27)15-17-7-5-4-6-8-17/h4-8,19H,9-16H2,1-3H3/q+1. The number of piperazine rings is 1. The summed E-state index contributed by atoms with van der Waals surface area (Å²) in [6.45, 7) is 6.51. The number of fused-ring (bicyclic) bond motifs is 1. The number of urea groups is 1. The largest absolute Gasteiger partial charge is 0.381 e. The molecule has 9 nitrogen and oxygen atoms in total. The van der Waals surface area contributed by atoms with Gasteiger partial charge >= 0.3 is 11.9 Å². The number of ether oxygens (including phenoxy) is 1. The van der Waals surface area contributed by atoms with E-state index in [1.54, 1.807) is 14.2 Å². The lowest BCUT2D eigenvalue weighted by Gasteiger charge is -2.34. The second kappa shape index (κ2) is 9.25. The van der Waals surface area contributed by atoms with Gasteiger partial charge in [-0.15, -0.1) is 0 Å². The van der Waals surface area contributed by atoms with Crippen molar-refractivity contribution >= 4 is 23.6 Å². The molecule has 3 heterocycles. The van der Waals surface area contributed by atoms with Gasteiger partial charge in [0.25, 0.3) is 17.8 Å². The van der Waals surface area contributed by atoms with Crippen LogP contribution in [0.4, 0.5) is 4.79 Å². The second-order valence-electron chi connectivity index (χ2n) is 8.25. The number of rotatable bonds is 7. The van der Waals surface area contributed by atoms with Crippen LogP contribution in [-0.2, 0) is 16.1 Å². The Bertz CT molecular complexity index is 892. The fourth-order valence-corrected chi connectivity index (χ4v) is 4.37. The summed E-state index contributed by atoms with van der Waals surface area (Å²) >= 11 is 0. The molecule has 1 aromatic rings. The number of benzene rings is 1. The summed E-state index contributed by atoms with van der Waals surface area (Å²) in [5, 5.41) is 0. The van der Waals surface area contributed by atoms with E-state index in [-0.39, 0.29) is 11.9 Å². The molecule has 3 aliphatic heterocycles. The molecule has 31 heavy (non-hydrogen) atoms. The summed E-state index contributed by atoms with van der Waals surface area (Å²) in [6, 6.07) is 9.63. The van der Waals surface area contributed by atoms with E-state index < -0.39 is 6.04 Å². The number of hydrogen-bond acceptors (Lipinski definition) is 6. The van der Waals surface area contributed by atoms with E-state index in [1.165, 1.54) is 22.4 Å². The number of carbonyl (C=O) groups is 2. The monoisotopic (exact) mass is 427 g/mol. The Morgan fingerprint density at radius 1 is 1.00 bits per heavy atom. The van der Waals surface area contributed by atoms with Gasteiger partial charge in [0.15, 0.2) is 0 Å². The predicted octanol–water partition coefficient (Wildman–Crippen LogP) is 0.166. The Balaban J connectivity index is 1.45.